The van der Waals surface area contributed by atoms with Gasteiger partial charge in [-0.25, -0.2) is 8.78 Å². The zero-order chi connectivity index (χ0) is 12.8. The molecule has 1 amide bonds. The molecule has 0 aromatic rings. The van der Waals surface area contributed by atoms with Gasteiger partial charge in [0, 0.05) is 20.0 Å². The quantitative estimate of drug-likeness (QED) is 0.721. The van der Waals surface area contributed by atoms with E-state index in [1.54, 1.807) is 0 Å². The Kier molecular flexibility index (Phi) is 2.61. The zero-order valence-electron chi connectivity index (χ0n) is 9.28. The van der Waals surface area contributed by atoms with Crippen molar-refractivity contribution in [3.63, 3.8) is 0 Å². The molecule has 0 saturated carbocycles. The molecule has 17 heavy (non-hydrogen) atoms. The molecule has 0 spiro atoms. The number of rotatable bonds is 1. The topological polar surface area (TPSA) is 66.8 Å². The smallest absolute Gasteiger partial charge is 0.320 e. The van der Waals surface area contributed by atoms with Crippen LogP contribution in [0.15, 0.2) is 0 Å². The van der Waals surface area contributed by atoms with Crippen LogP contribution in [0, 0.1) is 11.3 Å². The van der Waals surface area contributed by atoms with E-state index in [0.29, 0.717) is 0 Å². The molecule has 0 aromatic heterocycles. The minimum atomic E-state index is -3.34. The normalized spacial score (nSPS) is 35.5. The molecule has 7 heteroatoms. The number of nitrogens with zero attached hydrogens (tertiary/aromatic N) is 1. The third-order valence-electron chi connectivity index (χ3n) is 3.57. The predicted octanol–water partition coefficient (Wildman–Crippen LogP) is 0.201. The number of hydrogen-bond acceptors (Lipinski definition) is 3. The van der Waals surface area contributed by atoms with Crippen molar-refractivity contribution in [1.82, 2.24) is 4.90 Å². The molecule has 0 aliphatic carbocycles. The van der Waals surface area contributed by atoms with Gasteiger partial charge in [0.1, 0.15) is 0 Å². The lowest BCUT2D eigenvalue weighted by Crippen LogP contribution is -2.69. The Hall–Kier alpha value is -1.24. The van der Waals surface area contributed by atoms with E-state index in [2.05, 4.69) is 0 Å². The average Bonchev–Trinajstić information content (AvgIpc) is 2.14. The molecule has 2 unspecified atom stereocenters. The summed E-state index contributed by atoms with van der Waals surface area (Å²) in [5.41, 5.74) is -2.31. The van der Waals surface area contributed by atoms with Gasteiger partial charge in [-0.15, -0.1) is 0 Å². The van der Waals surface area contributed by atoms with E-state index in [1.165, 1.54) is 11.8 Å². The Morgan fingerprint density at radius 3 is 2.65 bits per heavy atom. The van der Waals surface area contributed by atoms with Crippen LogP contribution in [0.2, 0.25) is 0 Å². The molecule has 2 aliphatic rings. The fourth-order valence-corrected chi connectivity index (χ4v) is 2.45. The lowest BCUT2D eigenvalue weighted by Gasteiger charge is -2.51. The highest BCUT2D eigenvalue weighted by Crippen LogP contribution is 2.50. The van der Waals surface area contributed by atoms with Crippen molar-refractivity contribution in [1.29, 1.82) is 0 Å². The SMILES string of the molecule is CC(=O)N1CC2COCC(C(=O)O)(C1)C2(F)F. The van der Waals surface area contributed by atoms with Gasteiger partial charge in [-0.2, -0.15) is 0 Å². The van der Waals surface area contributed by atoms with Crippen molar-refractivity contribution in [2.24, 2.45) is 11.3 Å². The number of aliphatic carboxylic acids is 1. The Bertz CT molecular complexity index is 373. The number of hydrogen-bond donors (Lipinski definition) is 1. The van der Waals surface area contributed by atoms with Gasteiger partial charge in [0.05, 0.1) is 19.1 Å². The first-order valence-corrected chi connectivity index (χ1v) is 5.26. The largest absolute Gasteiger partial charge is 0.481 e. The van der Waals surface area contributed by atoms with Crippen LogP contribution < -0.4 is 0 Å². The van der Waals surface area contributed by atoms with Crippen LogP contribution in [0.4, 0.5) is 8.78 Å². The monoisotopic (exact) mass is 249 g/mol. The highest BCUT2D eigenvalue weighted by Gasteiger charge is 2.69. The number of halogens is 2. The first-order valence-electron chi connectivity index (χ1n) is 5.26. The van der Waals surface area contributed by atoms with Crippen molar-refractivity contribution in [3.8, 4) is 0 Å². The Labute approximate surface area is 96.3 Å². The fraction of sp³-hybridized carbons (Fsp3) is 0.800. The van der Waals surface area contributed by atoms with E-state index in [-0.39, 0.29) is 13.2 Å². The standard InChI is InChI=1S/C10H13F2NO4/c1-6(14)13-2-7-3-17-5-9(4-13,8(15)16)10(7,11)12/h7H,2-5H2,1H3,(H,15,16). The Morgan fingerprint density at radius 2 is 2.12 bits per heavy atom. The highest BCUT2D eigenvalue weighted by molar-refractivity contribution is 5.80. The number of carbonyl (C=O) groups is 2. The van der Waals surface area contributed by atoms with Gasteiger partial charge in [0.25, 0.3) is 5.92 Å². The predicted molar refractivity (Wildman–Crippen MR) is 51.6 cm³/mol. The molecule has 96 valence electrons. The van der Waals surface area contributed by atoms with Crippen LogP contribution in [-0.4, -0.2) is 54.1 Å². The van der Waals surface area contributed by atoms with Crippen molar-refractivity contribution >= 4 is 11.9 Å². The number of likely N-dealkylation sites (tertiary alicyclic amines) is 1. The minimum Gasteiger partial charge on any atom is -0.481 e. The first kappa shape index (κ1) is 12.2. The molecule has 0 radical (unpaired) electrons. The van der Waals surface area contributed by atoms with Crippen LogP contribution in [0.1, 0.15) is 6.92 Å². The number of carbonyl (C=O) groups excluding carboxylic acids is 1. The van der Waals surface area contributed by atoms with E-state index < -0.39 is 42.3 Å². The third-order valence-corrected chi connectivity index (χ3v) is 3.57. The molecule has 1 N–H and O–H groups in total. The van der Waals surface area contributed by atoms with Crippen molar-refractivity contribution in [3.05, 3.63) is 0 Å². The number of carboxylic acids is 1. The van der Waals surface area contributed by atoms with Crippen molar-refractivity contribution < 1.29 is 28.2 Å². The lowest BCUT2D eigenvalue weighted by atomic mass is 9.70. The molecule has 2 bridgehead atoms. The molecular weight excluding hydrogens is 236 g/mol. The van der Waals surface area contributed by atoms with E-state index in [9.17, 15) is 18.4 Å². The van der Waals surface area contributed by atoms with Crippen molar-refractivity contribution in [2.45, 2.75) is 12.8 Å². The van der Waals surface area contributed by atoms with Gasteiger partial charge in [0.15, 0.2) is 5.41 Å². The molecule has 2 atom stereocenters. The van der Waals surface area contributed by atoms with Gasteiger partial charge in [-0.3, -0.25) is 9.59 Å². The maximum atomic E-state index is 14.1. The van der Waals surface area contributed by atoms with E-state index >= 15 is 0 Å². The summed E-state index contributed by atoms with van der Waals surface area (Å²) >= 11 is 0. The van der Waals surface area contributed by atoms with Gasteiger partial charge >= 0.3 is 5.97 Å². The molecule has 5 nitrogen and oxygen atoms in total. The molecule has 0 aromatic carbocycles. The second-order valence-corrected chi connectivity index (χ2v) is 4.62. The number of fused-ring (bicyclic) bond motifs is 2. The van der Waals surface area contributed by atoms with Gasteiger partial charge < -0.3 is 14.7 Å². The minimum absolute atomic E-state index is 0.155. The van der Waals surface area contributed by atoms with Gasteiger partial charge in [0.2, 0.25) is 5.91 Å². The van der Waals surface area contributed by atoms with E-state index in [0.717, 1.165) is 0 Å². The summed E-state index contributed by atoms with van der Waals surface area (Å²) in [6.45, 7) is -0.185. The summed E-state index contributed by atoms with van der Waals surface area (Å²) < 4.78 is 33.1. The third kappa shape index (κ3) is 1.52. The summed E-state index contributed by atoms with van der Waals surface area (Å²) in [4.78, 5) is 23.6. The van der Waals surface area contributed by atoms with E-state index in [1.807, 2.05) is 0 Å². The Balaban J connectivity index is 2.42. The summed E-state index contributed by atoms with van der Waals surface area (Å²) in [6, 6.07) is 0. The van der Waals surface area contributed by atoms with Crippen LogP contribution in [-0.2, 0) is 14.3 Å². The number of alkyl halides is 2. The van der Waals surface area contributed by atoms with E-state index in [4.69, 9.17) is 9.84 Å². The number of ether oxygens (including phenoxy) is 1. The summed E-state index contributed by atoms with van der Waals surface area (Å²) in [5.74, 6) is -6.59. The molecular formula is C10H13F2NO4. The Morgan fingerprint density at radius 1 is 1.47 bits per heavy atom. The summed E-state index contributed by atoms with van der Waals surface area (Å²) in [6.07, 6.45) is 0. The number of piperidine rings is 1. The first-order chi connectivity index (χ1) is 7.81. The van der Waals surface area contributed by atoms with Gasteiger partial charge in [-0.1, -0.05) is 0 Å². The number of amides is 1. The van der Waals surface area contributed by atoms with Gasteiger partial charge in [-0.05, 0) is 0 Å². The average molecular weight is 249 g/mol. The highest BCUT2D eigenvalue weighted by atomic mass is 19.3. The molecule has 2 rings (SSSR count). The second-order valence-electron chi connectivity index (χ2n) is 4.62. The fourth-order valence-electron chi connectivity index (χ4n) is 2.45. The van der Waals surface area contributed by atoms with Crippen LogP contribution in [0.3, 0.4) is 0 Å². The summed E-state index contributed by atoms with van der Waals surface area (Å²) in [5, 5.41) is 9.08. The molecule has 2 saturated heterocycles. The maximum Gasteiger partial charge on any atom is 0.320 e. The molecule has 2 fully saturated rings. The second kappa shape index (κ2) is 3.63. The maximum absolute atomic E-state index is 14.1. The number of carboxylic acid groups (broad SMARTS) is 1. The zero-order valence-corrected chi connectivity index (χ0v) is 9.28. The summed E-state index contributed by atoms with van der Waals surface area (Å²) in [7, 11) is 0. The lowest BCUT2D eigenvalue weighted by molar-refractivity contribution is -0.264. The van der Waals surface area contributed by atoms with Crippen LogP contribution in [0.25, 0.3) is 0 Å². The van der Waals surface area contributed by atoms with Crippen LogP contribution >= 0.6 is 0 Å². The van der Waals surface area contributed by atoms with Crippen molar-refractivity contribution in [2.75, 3.05) is 26.3 Å². The van der Waals surface area contributed by atoms with Crippen LogP contribution in [0.5, 0.6) is 0 Å². The molecule has 2 heterocycles. The molecule has 2 aliphatic heterocycles.